The van der Waals surface area contributed by atoms with Crippen molar-refractivity contribution in [2.24, 2.45) is 0 Å². The summed E-state index contributed by atoms with van der Waals surface area (Å²) in [6.45, 7) is 3.24. The zero-order valence-corrected chi connectivity index (χ0v) is 17.1. The molecule has 3 aromatic rings. The minimum absolute atomic E-state index is 0.0138. The minimum atomic E-state index is -4.52. The predicted octanol–water partition coefficient (Wildman–Crippen LogP) is 3.39. The molecular weight excluding hydrogens is 415 g/mol. The first-order chi connectivity index (χ1) is 14.4. The second-order valence-corrected chi connectivity index (χ2v) is 7.94. The Hall–Kier alpha value is -2.72. The van der Waals surface area contributed by atoms with E-state index in [-0.39, 0.29) is 21.6 Å². The smallest absolute Gasteiger partial charge is 0.355 e. The number of carbonyl (C=O) groups is 1. The Morgan fingerprint density at radius 2 is 2.03 bits per heavy atom. The Balaban J connectivity index is 1.60. The van der Waals surface area contributed by atoms with Crippen LogP contribution >= 0.6 is 11.3 Å². The fourth-order valence-electron chi connectivity index (χ4n) is 3.55. The van der Waals surface area contributed by atoms with Crippen LogP contribution in [0.15, 0.2) is 36.0 Å². The monoisotopic (exact) mass is 435 g/mol. The number of piperazine rings is 1. The van der Waals surface area contributed by atoms with Crippen LogP contribution in [-0.2, 0) is 12.7 Å². The number of fused-ring (bicyclic) bond motifs is 1. The molecule has 1 fully saturated rings. The fourth-order valence-corrected chi connectivity index (χ4v) is 4.57. The molecule has 6 nitrogen and oxygen atoms in total. The highest BCUT2D eigenvalue weighted by Gasteiger charge is 2.36. The molecule has 0 aromatic carbocycles. The number of alkyl halides is 3. The summed E-state index contributed by atoms with van der Waals surface area (Å²) >= 11 is 0.892. The van der Waals surface area contributed by atoms with Crippen LogP contribution in [-0.4, -0.2) is 54.0 Å². The number of thiophene rings is 1. The fraction of sp³-hybridized carbons (Fsp3) is 0.350. The highest BCUT2D eigenvalue weighted by Crippen LogP contribution is 2.40. The van der Waals surface area contributed by atoms with Crippen LogP contribution in [0.4, 0.5) is 19.0 Å². The van der Waals surface area contributed by atoms with Crippen LogP contribution in [0, 0.1) is 0 Å². The van der Waals surface area contributed by atoms with Crippen molar-refractivity contribution in [2.45, 2.75) is 12.7 Å². The number of pyridine rings is 2. The van der Waals surface area contributed by atoms with E-state index in [1.165, 1.54) is 12.4 Å². The van der Waals surface area contributed by atoms with Crippen LogP contribution in [0.3, 0.4) is 0 Å². The third-order valence-corrected chi connectivity index (χ3v) is 6.11. The molecule has 10 heteroatoms. The summed E-state index contributed by atoms with van der Waals surface area (Å²) in [4.78, 5) is 24.8. The number of hydrogen-bond donors (Lipinski definition) is 1. The third kappa shape index (κ3) is 4.10. The summed E-state index contributed by atoms with van der Waals surface area (Å²) in [7, 11) is 1.45. The standard InChI is InChI=1S/C20H20F3N5OS/c1-24-19(29)14-12-30-18-15(20(21,22)23)9-16(26-17(14)18)28-7-5-27(6-8-28)11-13-3-2-4-25-10-13/h2-4,9-10,12H,5-8,11H2,1H3,(H,24,29). The third-order valence-electron chi connectivity index (χ3n) is 5.11. The Labute approximate surface area is 175 Å². The molecule has 0 saturated carbocycles. The van der Waals surface area contributed by atoms with Gasteiger partial charge in [0.15, 0.2) is 0 Å². The van der Waals surface area contributed by atoms with Crippen molar-refractivity contribution >= 4 is 33.3 Å². The van der Waals surface area contributed by atoms with Crippen molar-refractivity contribution in [1.82, 2.24) is 20.2 Å². The predicted molar refractivity (Wildman–Crippen MR) is 110 cm³/mol. The van der Waals surface area contributed by atoms with E-state index in [4.69, 9.17) is 0 Å². The number of nitrogens with one attached hydrogen (secondary N) is 1. The molecule has 158 valence electrons. The SMILES string of the molecule is CNC(=O)c1csc2c(C(F)(F)F)cc(N3CCN(Cc4cccnc4)CC3)nc12. The van der Waals surface area contributed by atoms with Crippen molar-refractivity contribution in [3.8, 4) is 0 Å². The summed E-state index contributed by atoms with van der Waals surface area (Å²) in [5.74, 6) is -0.195. The van der Waals surface area contributed by atoms with Crippen LogP contribution in [0.2, 0.25) is 0 Å². The zero-order valence-electron chi connectivity index (χ0n) is 16.2. The van der Waals surface area contributed by atoms with E-state index in [2.05, 4.69) is 20.2 Å². The second-order valence-electron chi connectivity index (χ2n) is 7.06. The summed E-state index contributed by atoms with van der Waals surface area (Å²) in [6, 6.07) is 4.98. The lowest BCUT2D eigenvalue weighted by atomic mass is 10.1. The highest BCUT2D eigenvalue weighted by atomic mass is 32.1. The summed E-state index contributed by atoms with van der Waals surface area (Å²) in [5.41, 5.74) is 0.612. The molecule has 0 radical (unpaired) electrons. The Bertz CT molecular complexity index is 1050. The van der Waals surface area contributed by atoms with Crippen LogP contribution in [0.5, 0.6) is 0 Å². The Morgan fingerprint density at radius 1 is 1.27 bits per heavy atom. The molecule has 1 N–H and O–H groups in total. The Kier molecular flexibility index (Phi) is 5.61. The quantitative estimate of drug-likeness (QED) is 0.681. The van der Waals surface area contributed by atoms with Gasteiger partial charge in [-0.15, -0.1) is 11.3 Å². The number of anilines is 1. The van der Waals surface area contributed by atoms with Gasteiger partial charge in [0.2, 0.25) is 0 Å². The van der Waals surface area contributed by atoms with Gasteiger partial charge in [0, 0.05) is 57.5 Å². The van der Waals surface area contributed by atoms with Gasteiger partial charge in [-0.3, -0.25) is 14.7 Å². The summed E-state index contributed by atoms with van der Waals surface area (Å²) in [6.07, 6.45) is -0.990. The number of carbonyl (C=O) groups excluding carboxylic acids is 1. The molecule has 0 unspecified atom stereocenters. The van der Waals surface area contributed by atoms with Crippen LogP contribution < -0.4 is 10.2 Å². The number of nitrogens with zero attached hydrogens (tertiary/aromatic N) is 4. The maximum absolute atomic E-state index is 13.7. The van der Waals surface area contributed by atoms with Gasteiger partial charge in [-0.1, -0.05) is 6.07 Å². The number of halogens is 3. The molecule has 0 atom stereocenters. The van der Waals surface area contributed by atoms with Crippen molar-refractivity contribution in [3.63, 3.8) is 0 Å². The molecule has 4 heterocycles. The van der Waals surface area contributed by atoms with Crippen molar-refractivity contribution in [1.29, 1.82) is 0 Å². The first kappa shape index (κ1) is 20.5. The number of rotatable bonds is 4. The van der Waals surface area contributed by atoms with Crippen molar-refractivity contribution < 1.29 is 18.0 Å². The van der Waals surface area contributed by atoms with Gasteiger partial charge < -0.3 is 10.2 Å². The molecule has 0 spiro atoms. The first-order valence-corrected chi connectivity index (χ1v) is 10.3. The molecule has 3 aromatic heterocycles. The second kappa shape index (κ2) is 8.19. The number of hydrogen-bond acceptors (Lipinski definition) is 6. The van der Waals surface area contributed by atoms with E-state index in [1.807, 2.05) is 23.2 Å². The molecule has 1 amide bonds. The van der Waals surface area contributed by atoms with Gasteiger partial charge in [-0.25, -0.2) is 4.98 Å². The van der Waals surface area contributed by atoms with E-state index in [0.29, 0.717) is 26.2 Å². The van der Waals surface area contributed by atoms with Gasteiger partial charge in [-0.2, -0.15) is 13.2 Å². The lowest BCUT2D eigenvalue weighted by Crippen LogP contribution is -2.46. The molecule has 1 saturated heterocycles. The zero-order chi connectivity index (χ0) is 21.3. The normalized spacial score (nSPS) is 15.5. The molecule has 4 rings (SSSR count). The van der Waals surface area contributed by atoms with Gasteiger partial charge in [-0.05, 0) is 17.7 Å². The maximum Gasteiger partial charge on any atom is 0.417 e. The van der Waals surface area contributed by atoms with Crippen molar-refractivity contribution in [2.75, 3.05) is 38.1 Å². The van der Waals surface area contributed by atoms with Gasteiger partial charge in [0.1, 0.15) is 5.82 Å². The van der Waals surface area contributed by atoms with Crippen LogP contribution in [0.1, 0.15) is 21.5 Å². The average Bonchev–Trinajstić information content (AvgIpc) is 3.17. The Morgan fingerprint density at radius 3 is 2.67 bits per heavy atom. The molecular formula is C20H20F3N5OS. The molecule has 1 aliphatic rings. The number of amides is 1. The van der Waals surface area contributed by atoms with Gasteiger partial charge in [0.25, 0.3) is 5.91 Å². The van der Waals surface area contributed by atoms with Crippen molar-refractivity contribution in [3.05, 3.63) is 52.7 Å². The van der Waals surface area contributed by atoms with Gasteiger partial charge >= 0.3 is 6.18 Å². The molecule has 30 heavy (non-hydrogen) atoms. The maximum atomic E-state index is 13.7. The summed E-state index contributed by atoms with van der Waals surface area (Å²) in [5, 5.41) is 3.90. The summed E-state index contributed by atoms with van der Waals surface area (Å²) < 4.78 is 41.1. The lowest BCUT2D eigenvalue weighted by molar-refractivity contribution is -0.136. The largest absolute Gasteiger partial charge is 0.417 e. The highest BCUT2D eigenvalue weighted by molar-refractivity contribution is 7.17. The van der Waals surface area contributed by atoms with Gasteiger partial charge in [0.05, 0.1) is 21.3 Å². The topological polar surface area (TPSA) is 61.4 Å². The average molecular weight is 435 g/mol. The first-order valence-electron chi connectivity index (χ1n) is 9.44. The lowest BCUT2D eigenvalue weighted by Gasteiger charge is -2.35. The van der Waals surface area contributed by atoms with Crippen LogP contribution in [0.25, 0.3) is 10.2 Å². The van der Waals surface area contributed by atoms with E-state index in [9.17, 15) is 18.0 Å². The molecule has 1 aliphatic heterocycles. The van der Waals surface area contributed by atoms with E-state index < -0.39 is 17.6 Å². The molecule has 0 bridgehead atoms. The van der Waals surface area contributed by atoms with E-state index in [1.54, 1.807) is 6.20 Å². The van der Waals surface area contributed by atoms with E-state index >= 15 is 0 Å². The molecule has 0 aliphatic carbocycles. The number of aromatic nitrogens is 2. The minimum Gasteiger partial charge on any atom is -0.355 e. The van der Waals surface area contributed by atoms with E-state index in [0.717, 1.165) is 29.5 Å².